The lowest BCUT2D eigenvalue weighted by Crippen LogP contribution is -2.50. The van der Waals surface area contributed by atoms with E-state index in [4.69, 9.17) is 0 Å². The summed E-state index contributed by atoms with van der Waals surface area (Å²) < 4.78 is 0. The minimum atomic E-state index is -0.243. The smallest absolute Gasteiger partial charge is 0.158 e. The van der Waals surface area contributed by atoms with Crippen LogP contribution in [0.15, 0.2) is 11.1 Å². The van der Waals surface area contributed by atoms with E-state index in [1.807, 2.05) is 6.92 Å². The Labute approximate surface area is 104 Å². The van der Waals surface area contributed by atoms with Gasteiger partial charge in [0.05, 0.1) is 6.10 Å². The maximum atomic E-state index is 12.0. The molecule has 2 aliphatic carbocycles. The monoisotopic (exact) mass is 236 g/mol. The van der Waals surface area contributed by atoms with Crippen LogP contribution < -0.4 is 0 Å². The number of ketones is 1. The molecular weight excluding hydrogens is 212 g/mol. The first-order valence-electron chi connectivity index (χ1n) is 6.71. The largest absolute Gasteiger partial charge is 0.393 e. The Morgan fingerprint density at radius 1 is 1.24 bits per heavy atom. The normalized spacial score (nSPS) is 47.1. The molecule has 0 aromatic carbocycles. The Hall–Kier alpha value is -0.630. The summed E-state index contributed by atoms with van der Waals surface area (Å²) in [5.74, 6) is 1.15. The Bertz CT molecular complexity index is 382. The summed E-state index contributed by atoms with van der Waals surface area (Å²) in [5.41, 5.74) is 2.28. The second-order valence-electron chi connectivity index (χ2n) is 6.38. The first-order valence-corrected chi connectivity index (χ1v) is 6.71. The molecule has 17 heavy (non-hydrogen) atoms. The van der Waals surface area contributed by atoms with E-state index < -0.39 is 0 Å². The van der Waals surface area contributed by atoms with Crippen LogP contribution in [0, 0.1) is 23.2 Å². The first kappa shape index (κ1) is 12.8. The van der Waals surface area contributed by atoms with Crippen LogP contribution in [-0.2, 0) is 4.79 Å². The Kier molecular flexibility index (Phi) is 2.97. The Morgan fingerprint density at radius 2 is 1.82 bits per heavy atom. The highest BCUT2D eigenvalue weighted by molar-refractivity contribution is 5.97. The van der Waals surface area contributed by atoms with E-state index >= 15 is 0 Å². The van der Waals surface area contributed by atoms with Crippen LogP contribution >= 0.6 is 0 Å². The Morgan fingerprint density at radius 3 is 2.41 bits per heavy atom. The van der Waals surface area contributed by atoms with E-state index in [2.05, 4.69) is 27.7 Å². The van der Waals surface area contributed by atoms with E-state index in [1.54, 1.807) is 0 Å². The van der Waals surface area contributed by atoms with Crippen molar-refractivity contribution in [2.24, 2.45) is 23.2 Å². The number of hydrogen-bond donors (Lipinski definition) is 1. The average molecular weight is 236 g/mol. The van der Waals surface area contributed by atoms with Gasteiger partial charge >= 0.3 is 0 Å². The number of hydrogen-bond acceptors (Lipinski definition) is 2. The molecule has 2 heteroatoms. The van der Waals surface area contributed by atoms with Gasteiger partial charge in [0, 0.05) is 6.42 Å². The van der Waals surface area contributed by atoms with E-state index in [-0.39, 0.29) is 23.4 Å². The summed E-state index contributed by atoms with van der Waals surface area (Å²) in [6.07, 6.45) is 1.27. The van der Waals surface area contributed by atoms with Gasteiger partial charge in [0.2, 0.25) is 0 Å². The van der Waals surface area contributed by atoms with Gasteiger partial charge in [-0.2, -0.15) is 0 Å². The maximum absolute atomic E-state index is 12.0. The number of aliphatic hydroxyl groups excluding tert-OH is 1. The molecule has 0 radical (unpaired) electrons. The van der Waals surface area contributed by atoms with E-state index in [9.17, 15) is 9.90 Å². The molecule has 0 heterocycles. The van der Waals surface area contributed by atoms with Gasteiger partial charge in [-0.25, -0.2) is 0 Å². The van der Waals surface area contributed by atoms with Crippen LogP contribution in [0.1, 0.15) is 47.5 Å². The highest BCUT2D eigenvalue weighted by atomic mass is 16.3. The number of fused-ring (bicyclic) bond motifs is 1. The fourth-order valence-corrected chi connectivity index (χ4v) is 3.90. The van der Waals surface area contributed by atoms with Gasteiger partial charge in [0.1, 0.15) is 0 Å². The van der Waals surface area contributed by atoms with Crippen molar-refractivity contribution in [3.63, 3.8) is 0 Å². The minimum Gasteiger partial charge on any atom is -0.393 e. The summed E-state index contributed by atoms with van der Waals surface area (Å²) >= 11 is 0. The molecule has 1 N–H and O–H groups in total. The fraction of sp³-hybridized carbons (Fsp3) is 0.800. The second-order valence-corrected chi connectivity index (χ2v) is 6.38. The van der Waals surface area contributed by atoms with Crippen LogP contribution in [0.25, 0.3) is 0 Å². The molecule has 5 atom stereocenters. The van der Waals surface area contributed by atoms with Crippen molar-refractivity contribution in [3.05, 3.63) is 11.1 Å². The zero-order valence-electron chi connectivity index (χ0n) is 11.6. The third-order valence-electron chi connectivity index (χ3n) is 5.60. The van der Waals surface area contributed by atoms with E-state index in [1.165, 1.54) is 5.57 Å². The number of allylic oxidation sites excluding steroid dienone is 2. The van der Waals surface area contributed by atoms with Gasteiger partial charge < -0.3 is 5.11 Å². The molecule has 0 bridgehead atoms. The third-order valence-corrected chi connectivity index (χ3v) is 5.60. The van der Waals surface area contributed by atoms with Gasteiger partial charge in [-0.3, -0.25) is 4.79 Å². The average Bonchev–Trinajstić information content (AvgIpc) is 2.28. The van der Waals surface area contributed by atoms with Crippen molar-refractivity contribution in [2.75, 3.05) is 0 Å². The van der Waals surface area contributed by atoms with E-state index in [0.717, 1.165) is 12.0 Å². The molecular formula is C15H24O2. The molecule has 0 spiro atoms. The highest BCUT2D eigenvalue weighted by Crippen LogP contribution is 2.55. The second kappa shape index (κ2) is 3.94. The minimum absolute atomic E-state index is 0.00389. The van der Waals surface area contributed by atoms with Gasteiger partial charge in [-0.15, -0.1) is 0 Å². The zero-order valence-corrected chi connectivity index (χ0v) is 11.6. The fourth-order valence-electron chi connectivity index (χ4n) is 3.90. The predicted octanol–water partition coefficient (Wildman–Crippen LogP) is 2.95. The molecule has 0 amide bonds. The van der Waals surface area contributed by atoms with Gasteiger partial charge in [0.25, 0.3) is 0 Å². The summed E-state index contributed by atoms with van der Waals surface area (Å²) in [7, 11) is 0. The number of carbonyl (C=O) groups excluding carboxylic acids is 1. The maximum Gasteiger partial charge on any atom is 0.158 e. The van der Waals surface area contributed by atoms with Crippen LogP contribution in [0.4, 0.5) is 0 Å². The summed E-state index contributed by atoms with van der Waals surface area (Å²) in [5, 5.41) is 10.3. The van der Waals surface area contributed by atoms with Crippen molar-refractivity contribution >= 4 is 5.78 Å². The zero-order chi connectivity index (χ0) is 13.0. The van der Waals surface area contributed by atoms with Crippen LogP contribution in [0.3, 0.4) is 0 Å². The van der Waals surface area contributed by atoms with Gasteiger partial charge in [-0.1, -0.05) is 33.3 Å². The number of Topliss-reactive ketones (excluding diaryl/α,β-unsaturated/α-hetero) is 1. The molecule has 2 nitrogen and oxygen atoms in total. The highest BCUT2D eigenvalue weighted by Gasteiger charge is 2.51. The number of rotatable bonds is 0. The lowest BCUT2D eigenvalue weighted by atomic mass is 9.52. The first-order chi connectivity index (χ1) is 7.80. The van der Waals surface area contributed by atoms with Gasteiger partial charge in [-0.05, 0) is 42.1 Å². The lowest BCUT2D eigenvalue weighted by molar-refractivity contribution is -0.120. The topological polar surface area (TPSA) is 37.3 Å². The third kappa shape index (κ3) is 1.61. The lowest BCUT2D eigenvalue weighted by Gasteiger charge is -2.53. The molecule has 0 aromatic rings. The molecule has 1 fully saturated rings. The molecule has 0 saturated heterocycles. The molecule has 2 rings (SSSR count). The SMILES string of the molecule is CC1=C2CC(C)C(O)C(C)C2(C)C(C)CC1=O. The van der Waals surface area contributed by atoms with Crippen molar-refractivity contribution in [1.82, 2.24) is 0 Å². The summed E-state index contributed by atoms with van der Waals surface area (Å²) in [6, 6.07) is 0. The van der Waals surface area contributed by atoms with Crippen molar-refractivity contribution < 1.29 is 9.90 Å². The van der Waals surface area contributed by atoms with Crippen molar-refractivity contribution in [3.8, 4) is 0 Å². The summed E-state index contributed by atoms with van der Waals surface area (Å²) in [6.45, 7) is 10.6. The molecule has 2 aliphatic rings. The van der Waals surface area contributed by atoms with Crippen molar-refractivity contribution in [1.29, 1.82) is 0 Å². The van der Waals surface area contributed by atoms with Crippen LogP contribution in [0.5, 0.6) is 0 Å². The predicted molar refractivity (Wildman–Crippen MR) is 68.5 cm³/mol. The molecule has 1 saturated carbocycles. The Balaban J connectivity index is 2.55. The van der Waals surface area contributed by atoms with E-state index in [0.29, 0.717) is 18.1 Å². The molecule has 0 aliphatic heterocycles. The molecule has 0 aromatic heterocycles. The molecule has 96 valence electrons. The van der Waals surface area contributed by atoms with Gasteiger partial charge in [0.15, 0.2) is 5.78 Å². The number of carbonyl (C=O) groups is 1. The number of aliphatic hydroxyl groups is 1. The standard InChI is InChI=1S/C15H24O2/c1-8-6-12-10(3)13(16)7-9(2)15(12,5)11(4)14(8)17/h8-9,11,14,17H,6-7H2,1-5H3. The quantitative estimate of drug-likeness (QED) is 0.702. The van der Waals surface area contributed by atoms with Crippen molar-refractivity contribution in [2.45, 2.75) is 53.6 Å². The molecule has 5 unspecified atom stereocenters. The summed E-state index contributed by atoms with van der Waals surface area (Å²) in [4.78, 5) is 12.0. The van der Waals surface area contributed by atoms with Crippen LogP contribution in [0.2, 0.25) is 0 Å². The van der Waals surface area contributed by atoms with Crippen LogP contribution in [-0.4, -0.2) is 17.0 Å².